The number of benzene rings is 1. The number of hydrogen-bond donors (Lipinski definition) is 0. The number of hydrogen-bond acceptors (Lipinski definition) is 1. The van der Waals surface area contributed by atoms with Gasteiger partial charge in [0.15, 0.2) is 0 Å². The van der Waals surface area contributed by atoms with Gasteiger partial charge in [-0.1, -0.05) is 31.2 Å². The van der Waals surface area contributed by atoms with Crippen LogP contribution >= 0.6 is 38.9 Å². The lowest BCUT2D eigenvalue weighted by molar-refractivity contribution is 1.11. The first-order valence-electron chi connectivity index (χ1n) is 5.19. The van der Waals surface area contributed by atoms with Gasteiger partial charge >= 0.3 is 0 Å². The van der Waals surface area contributed by atoms with E-state index in [9.17, 15) is 0 Å². The van der Waals surface area contributed by atoms with Crippen molar-refractivity contribution in [1.29, 1.82) is 0 Å². The molecule has 0 saturated carbocycles. The predicted octanol–water partition coefficient (Wildman–Crippen LogP) is 5.40. The molecule has 1 atom stereocenters. The first-order chi connectivity index (χ1) is 7.70. The summed E-state index contributed by atoms with van der Waals surface area (Å²) in [7, 11) is 0. The van der Waals surface area contributed by atoms with Crippen molar-refractivity contribution in [3.05, 3.63) is 56.2 Å². The maximum atomic E-state index is 6.43. The molecule has 1 aromatic carbocycles. The van der Waals surface area contributed by atoms with Crippen LogP contribution in [0, 0.1) is 0 Å². The number of aryl methyl sites for hydroxylation is 1. The summed E-state index contributed by atoms with van der Waals surface area (Å²) in [5.74, 6) is 0. The van der Waals surface area contributed by atoms with Crippen LogP contribution in [0.1, 0.15) is 28.3 Å². The van der Waals surface area contributed by atoms with Crippen LogP contribution in [0.5, 0.6) is 0 Å². The number of thiophene rings is 1. The van der Waals surface area contributed by atoms with E-state index >= 15 is 0 Å². The highest BCUT2D eigenvalue weighted by Gasteiger charge is 2.12. The Bertz CT molecular complexity index is 461. The lowest BCUT2D eigenvalue weighted by Crippen LogP contribution is -1.90. The molecule has 0 radical (unpaired) electrons. The van der Waals surface area contributed by atoms with Gasteiger partial charge in [-0.15, -0.1) is 22.9 Å². The molecule has 0 aliphatic carbocycles. The minimum absolute atomic E-state index is 0.0396. The minimum atomic E-state index is -0.0396. The van der Waals surface area contributed by atoms with Crippen LogP contribution in [-0.2, 0) is 6.42 Å². The summed E-state index contributed by atoms with van der Waals surface area (Å²) >= 11 is 11.6. The second-order valence-electron chi connectivity index (χ2n) is 3.60. The molecule has 2 aromatic rings. The topological polar surface area (TPSA) is 0 Å². The highest BCUT2D eigenvalue weighted by molar-refractivity contribution is 9.11. The number of halogens is 2. The Balaban J connectivity index is 2.23. The van der Waals surface area contributed by atoms with Gasteiger partial charge in [0.05, 0.1) is 9.16 Å². The highest BCUT2D eigenvalue weighted by atomic mass is 79.9. The lowest BCUT2D eigenvalue weighted by atomic mass is 10.1. The average molecular weight is 316 g/mol. The van der Waals surface area contributed by atoms with Crippen LogP contribution in [0.3, 0.4) is 0 Å². The van der Waals surface area contributed by atoms with Gasteiger partial charge in [0, 0.05) is 4.88 Å². The van der Waals surface area contributed by atoms with Crippen LogP contribution < -0.4 is 0 Å². The van der Waals surface area contributed by atoms with Gasteiger partial charge < -0.3 is 0 Å². The molecule has 1 unspecified atom stereocenters. The summed E-state index contributed by atoms with van der Waals surface area (Å²) in [5, 5.41) is -0.0396. The van der Waals surface area contributed by atoms with E-state index in [0.29, 0.717) is 0 Å². The van der Waals surface area contributed by atoms with Gasteiger partial charge in [0.1, 0.15) is 0 Å². The Labute approximate surface area is 113 Å². The van der Waals surface area contributed by atoms with Gasteiger partial charge in [0.2, 0.25) is 0 Å². The van der Waals surface area contributed by atoms with E-state index in [4.69, 9.17) is 11.6 Å². The van der Waals surface area contributed by atoms with Crippen LogP contribution in [0.2, 0.25) is 0 Å². The molecular weight excluding hydrogens is 304 g/mol. The fourth-order valence-electron chi connectivity index (χ4n) is 1.55. The van der Waals surface area contributed by atoms with Crippen LogP contribution in [0.15, 0.2) is 40.2 Å². The Morgan fingerprint density at radius 3 is 2.38 bits per heavy atom. The molecule has 0 nitrogen and oxygen atoms in total. The van der Waals surface area contributed by atoms with E-state index in [0.717, 1.165) is 15.8 Å². The van der Waals surface area contributed by atoms with Crippen molar-refractivity contribution < 1.29 is 0 Å². The second-order valence-corrected chi connectivity index (χ2v) is 6.53. The number of rotatable bonds is 3. The summed E-state index contributed by atoms with van der Waals surface area (Å²) < 4.78 is 1.12. The molecule has 0 amide bonds. The molecule has 1 aromatic heterocycles. The first kappa shape index (κ1) is 12.2. The molecule has 0 N–H and O–H groups in total. The van der Waals surface area contributed by atoms with Crippen molar-refractivity contribution in [1.82, 2.24) is 0 Å². The van der Waals surface area contributed by atoms with Crippen molar-refractivity contribution in [2.75, 3.05) is 0 Å². The summed E-state index contributed by atoms with van der Waals surface area (Å²) in [6.07, 6.45) is 1.07. The van der Waals surface area contributed by atoms with Crippen LogP contribution in [-0.4, -0.2) is 0 Å². The maximum Gasteiger partial charge on any atom is 0.0928 e. The van der Waals surface area contributed by atoms with Gasteiger partial charge in [-0.05, 0) is 45.6 Å². The molecule has 3 heteroatoms. The van der Waals surface area contributed by atoms with Crippen LogP contribution in [0.25, 0.3) is 0 Å². The zero-order valence-corrected chi connectivity index (χ0v) is 12.1. The third-order valence-corrected chi connectivity index (χ3v) is 4.83. The zero-order chi connectivity index (χ0) is 11.5. The smallest absolute Gasteiger partial charge is 0.0928 e. The predicted molar refractivity (Wildman–Crippen MR) is 75.5 cm³/mol. The molecule has 0 saturated heterocycles. The third kappa shape index (κ3) is 2.68. The Morgan fingerprint density at radius 1 is 1.19 bits per heavy atom. The average Bonchev–Trinajstić information content (AvgIpc) is 2.75. The Morgan fingerprint density at radius 2 is 1.88 bits per heavy atom. The standard InChI is InChI=1S/C13H12BrClS/c1-2-9-3-5-10(6-4-9)13(15)11-7-8-12(14)16-11/h3-8,13H,2H2,1H3. The Hall–Kier alpha value is -0.310. The lowest BCUT2D eigenvalue weighted by Gasteiger charge is -2.08. The van der Waals surface area contributed by atoms with Crippen molar-refractivity contribution in [2.24, 2.45) is 0 Å². The minimum Gasteiger partial charge on any atom is -0.131 e. The van der Waals surface area contributed by atoms with Crippen molar-refractivity contribution in [3.63, 3.8) is 0 Å². The summed E-state index contributed by atoms with van der Waals surface area (Å²) in [6.45, 7) is 2.16. The van der Waals surface area contributed by atoms with E-state index in [1.165, 1.54) is 10.4 Å². The van der Waals surface area contributed by atoms with E-state index in [2.05, 4.69) is 53.2 Å². The molecule has 0 aliphatic rings. The largest absolute Gasteiger partial charge is 0.131 e. The molecule has 16 heavy (non-hydrogen) atoms. The van der Waals surface area contributed by atoms with Gasteiger partial charge in [-0.25, -0.2) is 0 Å². The summed E-state index contributed by atoms with van der Waals surface area (Å²) in [6, 6.07) is 12.6. The van der Waals surface area contributed by atoms with Gasteiger partial charge in [0.25, 0.3) is 0 Å². The Kier molecular flexibility index (Phi) is 4.06. The number of alkyl halides is 1. The zero-order valence-electron chi connectivity index (χ0n) is 8.91. The van der Waals surface area contributed by atoms with Crippen molar-refractivity contribution in [2.45, 2.75) is 18.7 Å². The summed E-state index contributed by atoms with van der Waals surface area (Å²) in [4.78, 5) is 1.18. The van der Waals surface area contributed by atoms with E-state index in [-0.39, 0.29) is 5.38 Å². The first-order valence-corrected chi connectivity index (χ1v) is 7.23. The SMILES string of the molecule is CCc1ccc(C(Cl)c2ccc(Br)s2)cc1. The quantitative estimate of drug-likeness (QED) is 0.665. The van der Waals surface area contributed by atoms with E-state index in [1.54, 1.807) is 11.3 Å². The van der Waals surface area contributed by atoms with E-state index in [1.807, 2.05) is 6.07 Å². The van der Waals surface area contributed by atoms with Gasteiger partial charge in [-0.2, -0.15) is 0 Å². The van der Waals surface area contributed by atoms with Crippen molar-refractivity contribution in [3.8, 4) is 0 Å². The van der Waals surface area contributed by atoms with Crippen LogP contribution in [0.4, 0.5) is 0 Å². The molecular formula is C13H12BrClS. The monoisotopic (exact) mass is 314 g/mol. The summed E-state index contributed by atoms with van der Waals surface area (Å²) in [5.41, 5.74) is 2.51. The van der Waals surface area contributed by atoms with Crippen molar-refractivity contribution >= 4 is 38.9 Å². The van der Waals surface area contributed by atoms with Gasteiger partial charge in [-0.3, -0.25) is 0 Å². The molecule has 2 rings (SSSR count). The normalized spacial score (nSPS) is 12.7. The fourth-order valence-corrected chi connectivity index (χ4v) is 3.33. The van der Waals surface area contributed by atoms with E-state index < -0.39 is 0 Å². The highest BCUT2D eigenvalue weighted by Crippen LogP contribution is 2.35. The second kappa shape index (κ2) is 5.35. The fraction of sp³-hybridized carbons (Fsp3) is 0.231. The maximum absolute atomic E-state index is 6.43. The molecule has 0 aliphatic heterocycles. The molecule has 0 fully saturated rings. The third-order valence-electron chi connectivity index (χ3n) is 2.52. The molecule has 1 heterocycles. The molecule has 0 bridgehead atoms. The molecule has 84 valence electrons. The molecule has 0 spiro atoms.